The van der Waals surface area contributed by atoms with Crippen molar-refractivity contribution in [3.05, 3.63) is 50.1 Å². The molecule has 0 fully saturated rings. The number of thiophene rings is 1. The van der Waals surface area contributed by atoms with Gasteiger partial charge in [-0.25, -0.2) is 0 Å². The zero-order valence-electron chi connectivity index (χ0n) is 9.38. The summed E-state index contributed by atoms with van der Waals surface area (Å²) in [5, 5.41) is 7.63. The predicted molar refractivity (Wildman–Crippen MR) is 75.3 cm³/mol. The normalized spacial score (nSPS) is 10.4. The smallest absolute Gasteiger partial charge is 0.0451 e. The van der Waals surface area contributed by atoms with Crippen molar-refractivity contribution in [2.24, 2.45) is 0 Å². The van der Waals surface area contributed by atoms with E-state index in [-0.39, 0.29) is 0 Å². The number of hydrogen-bond donors (Lipinski definition) is 1. The number of halogens is 1. The summed E-state index contributed by atoms with van der Waals surface area (Å²) in [6.07, 6.45) is 0. The molecule has 0 saturated carbocycles. The van der Waals surface area contributed by atoms with Crippen molar-refractivity contribution in [3.8, 4) is 0 Å². The minimum atomic E-state index is 0.876. The molecule has 1 N–H and O–H groups in total. The average molecular weight is 296 g/mol. The van der Waals surface area contributed by atoms with Crippen LogP contribution in [0.1, 0.15) is 16.7 Å². The van der Waals surface area contributed by atoms with Crippen LogP contribution >= 0.6 is 27.3 Å². The lowest BCUT2D eigenvalue weighted by Crippen LogP contribution is -2.01. The lowest BCUT2D eigenvalue weighted by molar-refractivity contribution is 1.11. The van der Waals surface area contributed by atoms with Crippen LogP contribution in [0.15, 0.2) is 33.4 Å². The maximum atomic E-state index is 3.62. The second-order valence-corrected chi connectivity index (χ2v) is 5.42. The van der Waals surface area contributed by atoms with E-state index in [1.165, 1.54) is 26.9 Å². The van der Waals surface area contributed by atoms with E-state index >= 15 is 0 Å². The Balaban J connectivity index is 2.13. The van der Waals surface area contributed by atoms with E-state index in [0.29, 0.717) is 0 Å². The van der Waals surface area contributed by atoms with Crippen LogP contribution in [0, 0.1) is 13.8 Å². The second-order valence-electron chi connectivity index (χ2n) is 3.85. The highest BCUT2D eigenvalue weighted by molar-refractivity contribution is 9.10. The van der Waals surface area contributed by atoms with E-state index in [0.717, 1.165) is 6.54 Å². The molecule has 3 heteroatoms. The van der Waals surface area contributed by atoms with Crippen LogP contribution in [0.2, 0.25) is 0 Å². The molecule has 0 amide bonds. The number of hydrogen-bond acceptors (Lipinski definition) is 2. The van der Waals surface area contributed by atoms with Gasteiger partial charge in [0.05, 0.1) is 0 Å². The molecule has 0 atom stereocenters. The highest BCUT2D eigenvalue weighted by Crippen LogP contribution is 2.24. The predicted octanol–water partition coefficient (Wildman–Crippen LogP) is 4.74. The van der Waals surface area contributed by atoms with Crippen molar-refractivity contribution < 1.29 is 0 Å². The van der Waals surface area contributed by atoms with Gasteiger partial charge in [-0.2, -0.15) is 11.3 Å². The molecule has 0 radical (unpaired) electrons. The monoisotopic (exact) mass is 295 g/mol. The lowest BCUT2D eigenvalue weighted by atomic mass is 10.1. The van der Waals surface area contributed by atoms with Crippen LogP contribution in [0.3, 0.4) is 0 Å². The lowest BCUT2D eigenvalue weighted by Gasteiger charge is -2.11. The quantitative estimate of drug-likeness (QED) is 0.862. The molecule has 2 rings (SSSR count). The standard InChI is InChI=1S/C13H14BrNS/c1-9-3-4-11(10(2)13(9)14)7-15-12-5-6-16-8-12/h3-6,8,15H,7H2,1-2H3. The van der Waals surface area contributed by atoms with Crippen LogP contribution in [0.4, 0.5) is 5.69 Å². The minimum Gasteiger partial charge on any atom is -0.380 e. The van der Waals surface area contributed by atoms with Gasteiger partial charge in [-0.3, -0.25) is 0 Å². The summed E-state index contributed by atoms with van der Waals surface area (Å²) >= 11 is 5.34. The number of benzene rings is 1. The second kappa shape index (κ2) is 5.02. The van der Waals surface area contributed by atoms with Crippen LogP contribution < -0.4 is 5.32 Å². The SMILES string of the molecule is Cc1ccc(CNc2ccsc2)c(C)c1Br. The van der Waals surface area contributed by atoms with Gasteiger partial charge < -0.3 is 5.32 Å². The van der Waals surface area contributed by atoms with Crippen LogP contribution in [-0.2, 0) is 6.54 Å². The van der Waals surface area contributed by atoms with E-state index in [4.69, 9.17) is 0 Å². The van der Waals surface area contributed by atoms with Gasteiger partial charge in [-0.1, -0.05) is 28.1 Å². The molecule has 0 unspecified atom stereocenters. The van der Waals surface area contributed by atoms with Gasteiger partial charge in [-0.15, -0.1) is 0 Å². The van der Waals surface area contributed by atoms with Gasteiger partial charge in [0.15, 0.2) is 0 Å². The molecular weight excluding hydrogens is 282 g/mol. The molecule has 1 aromatic heterocycles. The Kier molecular flexibility index (Phi) is 3.66. The van der Waals surface area contributed by atoms with Crippen molar-refractivity contribution in [1.82, 2.24) is 0 Å². The first kappa shape index (κ1) is 11.7. The Morgan fingerprint density at radius 2 is 2.06 bits per heavy atom. The highest BCUT2D eigenvalue weighted by Gasteiger charge is 2.04. The molecule has 0 aliphatic rings. The van der Waals surface area contributed by atoms with E-state index in [2.05, 4.69) is 64.1 Å². The van der Waals surface area contributed by atoms with Crippen molar-refractivity contribution in [2.75, 3.05) is 5.32 Å². The van der Waals surface area contributed by atoms with Crippen molar-refractivity contribution >= 4 is 33.0 Å². The summed E-state index contributed by atoms with van der Waals surface area (Å²) in [7, 11) is 0. The number of aryl methyl sites for hydroxylation is 1. The molecule has 0 saturated heterocycles. The Bertz CT molecular complexity index is 477. The topological polar surface area (TPSA) is 12.0 Å². The maximum Gasteiger partial charge on any atom is 0.0451 e. The third-order valence-electron chi connectivity index (χ3n) is 2.70. The Hall–Kier alpha value is -0.800. The summed E-state index contributed by atoms with van der Waals surface area (Å²) in [6, 6.07) is 6.44. The summed E-state index contributed by atoms with van der Waals surface area (Å²) in [6.45, 7) is 5.15. The molecule has 2 aromatic rings. The van der Waals surface area contributed by atoms with Gasteiger partial charge in [0, 0.05) is 22.1 Å². The van der Waals surface area contributed by atoms with Gasteiger partial charge >= 0.3 is 0 Å². The van der Waals surface area contributed by atoms with Gasteiger partial charge in [0.25, 0.3) is 0 Å². The van der Waals surface area contributed by atoms with Crippen molar-refractivity contribution in [1.29, 1.82) is 0 Å². The molecular formula is C13H14BrNS. The number of rotatable bonds is 3. The fraction of sp³-hybridized carbons (Fsp3) is 0.231. The molecule has 1 heterocycles. The van der Waals surface area contributed by atoms with Crippen LogP contribution in [0.25, 0.3) is 0 Å². The number of nitrogens with one attached hydrogen (secondary N) is 1. The summed E-state index contributed by atoms with van der Waals surface area (Å²) in [5.74, 6) is 0. The zero-order valence-corrected chi connectivity index (χ0v) is 11.8. The Morgan fingerprint density at radius 1 is 1.25 bits per heavy atom. The Labute approximate surface area is 109 Å². The molecule has 0 aliphatic heterocycles. The first-order valence-corrected chi connectivity index (χ1v) is 6.92. The molecule has 1 aromatic carbocycles. The largest absolute Gasteiger partial charge is 0.380 e. The first-order valence-electron chi connectivity index (χ1n) is 5.19. The molecule has 16 heavy (non-hydrogen) atoms. The average Bonchev–Trinajstić information content (AvgIpc) is 2.78. The molecule has 84 valence electrons. The first-order chi connectivity index (χ1) is 7.68. The van der Waals surface area contributed by atoms with Gasteiger partial charge in [-0.05, 0) is 42.0 Å². The summed E-state index contributed by atoms with van der Waals surface area (Å²) in [4.78, 5) is 0. The third kappa shape index (κ3) is 2.47. The molecule has 0 aliphatic carbocycles. The zero-order chi connectivity index (χ0) is 11.5. The van der Waals surface area contributed by atoms with E-state index in [1.54, 1.807) is 11.3 Å². The third-order valence-corrected chi connectivity index (χ3v) is 4.60. The van der Waals surface area contributed by atoms with Crippen molar-refractivity contribution in [2.45, 2.75) is 20.4 Å². The van der Waals surface area contributed by atoms with E-state index in [9.17, 15) is 0 Å². The van der Waals surface area contributed by atoms with Crippen LogP contribution in [0.5, 0.6) is 0 Å². The molecule has 1 nitrogen and oxygen atoms in total. The minimum absolute atomic E-state index is 0.876. The molecule has 0 bridgehead atoms. The fourth-order valence-corrected chi connectivity index (χ4v) is 2.61. The maximum absolute atomic E-state index is 3.62. The van der Waals surface area contributed by atoms with E-state index < -0.39 is 0 Å². The fourth-order valence-electron chi connectivity index (χ4n) is 1.61. The summed E-state index contributed by atoms with van der Waals surface area (Å²) in [5.41, 5.74) is 5.14. The highest BCUT2D eigenvalue weighted by atomic mass is 79.9. The van der Waals surface area contributed by atoms with E-state index in [1.807, 2.05) is 0 Å². The number of anilines is 1. The van der Waals surface area contributed by atoms with Gasteiger partial charge in [0.2, 0.25) is 0 Å². The van der Waals surface area contributed by atoms with Crippen molar-refractivity contribution in [3.63, 3.8) is 0 Å². The van der Waals surface area contributed by atoms with Crippen LogP contribution in [-0.4, -0.2) is 0 Å². The summed E-state index contributed by atoms with van der Waals surface area (Å²) < 4.78 is 1.22. The van der Waals surface area contributed by atoms with Gasteiger partial charge in [0.1, 0.15) is 0 Å². The molecule has 0 spiro atoms. The Morgan fingerprint density at radius 3 is 2.75 bits per heavy atom.